The van der Waals surface area contributed by atoms with Crippen molar-refractivity contribution in [2.75, 3.05) is 17.8 Å². The summed E-state index contributed by atoms with van der Waals surface area (Å²) in [5.41, 5.74) is 4.07. The van der Waals surface area contributed by atoms with Gasteiger partial charge in [-0.2, -0.15) is 0 Å². The van der Waals surface area contributed by atoms with Crippen LogP contribution < -0.4 is 4.72 Å². The van der Waals surface area contributed by atoms with Gasteiger partial charge in [0.15, 0.2) is 11.5 Å². The van der Waals surface area contributed by atoms with E-state index >= 15 is 0 Å². The molecule has 8 heteroatoms. The highest BCUT2D eigenvalue weighted by Gasteiger charge is 2.28. The van der Waals surface area contributed by atoms with E-state index in [9.17, 15) is 13.2 Å². The zero-order valence-electron chi connectivity index (χ0n) is 19.7. The van der Waals surface area contributed by atoms with Crippen LogP contribution in [0.3, 0.4) is 0 Å². The second kappa shape index (κ2) is 9.19. The first-order chi connectivity index (χ1) is 16.8. The Balaban J connectivity index is 1.30. The van der Waals surface area contributed by atoms with E-state index in [1.165, 1.54) is 6.07 Å². The molecule has 1 aliphatic heterocycles. The van der Waals surface area contributed by atoms with E-state index in [2.05, 4.69) is 9.71 Å². The fourth-order valence-corrected chi connectivity index (χ4v) is 5.76. The molecule has 1 aliphatic rings. The van der Waals surface area contributed by atoms with Crippen molar-refractivity contribution in [3.63, 3.8) is 0 Å². The van der Waals surface area contributed by atoms with E-state index in [1.54, 1.807) is 36.1 Å². The lowest BCUT2D eigenvalue weighted by Gasteiger charge is -2.30. The van der Waals surface area contributed by atoms with Crippen LogP contribution in [-0.2, 0) is 10.0 Å². The molecule has 5 rings (SSSR count). The van der Waals surface area contributed by atoms with Crippen molar-refractivity contribution in [2.45, 2.75) is 37.5 Å². The van der Waals surface area contributed by atoms with Crippen LogP contribution in [0.5, 0.6) is 0 Å². The molecule has 0 spiro atoms. The monoisotopic (exact) mass is 489 g/mol. The molecule has 0 bridgehead atoms. The third-order valence-electron chi connectivity index (χ3n) is 6.47. The van der Waals surface area contributed by atoms with Gasteiger partial charge < -0.3 is 9.32 Å². The summed E-state index contributed by atoms with van der Waals surface area (Å²) < 4.78 is 34.7. The molecule has 0 radical (unpaired) electrons. The predicted molar refractivity (Wildman–Crippen MR) is 135 cm³/mol. The first-order valence-corrected chi connectivity index (χ1v) is 13.1. The summed E-state index contributed by atoms with van der Waals surface area (Å²) in [7, 11) is -3.84. The highest BCUT2D eigenvalue weighted by Crippen LogP contribution is 2.31. The number of aromatic nitrogens is 1. The Bertz CT molecular complexity index is 1450. The number of carbonyl (C=O) groups is 1. The second-order valence-corrected chi connectivity index (χ2v) is 10.7. The molecule has 0 atom stereocenters. The molecule has 4 aromatic rings. The second-order valence-electron chi connectivity index (χ2n) is 9.04. The molecule has 0 saturated carbocycles. The van der Waals surface area contributed by atoms with Gasteiger partial charge >= 0.3 is 0 Å². The van der Waals surface area contributed by atoms with Gasteiger partial charge in [0, 0.05) is 30.3 Å². The Morgan fingerprint density at radius 3 is 2.43 bits per heavy atom. The zero-order chi connectivity index (χ0) is 24.6. The van der Waals surface area contributed by atoms with Crippen LogP contribution in [-0.4, -0.2) is 37.3 Å². The van der Waals surface area contributed by atoms with Crippen LogP contribution in [0.1, 0.15) is 46.1 Å². The van der Waals surface area contributed by atoms with Gasteiger partial charge in [-0.15, -0.1) is 0 Å². The maximum absolute atomic E-state index is 13.2. The number of piperidine rings is 1. The van der Waals surface area contributed by atoms with Gasteiger partial charge in [-0.25, -0.2) is 13.4 Å². The van der Waals surface area contributed by atoms with Crippen molar-refractivity contribution >= 4 is 32.7 Å². The Morgan fingerprint density at radius 2 is 1.71 bits per heavy atom. The largest absolute Gasteiger partial charge is 0.440 e. The maximum Gasteiger partial charge on any atom is 0.262 e. The van der Waals surface area contributed by atoms with Crippen LogP contribution in [0.4, 0.5) is 5.69 Å². The number of nitrogens with one attached hydrogen (secondary N) is 1. The molecule has 35 heavy (non-hydrogen) atoms. The normalized spacial score (nSPS) is 14.9. The van der Waals surface area contributed by atoms with E-state index in [0.29, 0.717) is 35.8 Å². The van der Waals surface area contributed by atoms with Gasteiger partial charge in [0.1, 0.15) is 5.52 Å². The third-order valence-corrected chi connectivity index (χ3v) is 7.99. The molecule has 7 nitrogen and oxygen atoms in total. The lowest BCUT2D eigenvalue weighted by Crippen LogP contribution is -2.38. The lowest BCUT2D eigenvalue weighted by atomic mass is 9.96. The molecule has 0 unspecified atom stereocenters. The topological polar surface area (TPSA) is 92.5 Å². The molecule has 0 aliphatic carbocycles. The fourth-order valence-electron chi connectivity index (χ4n) is 4.43. The summed E-state index contributed by atoms with van der Waals surface area (Å²) in [6.45, 7) is 4.77. The average molecular weight is 490 g/mol. The average Bonchev–Trinajstić information content (AvgIpc) is 3.30. The van der Waals surface area contributed by atoms with Crippen LogP contribution in [0.15, 0.2) is 76.0 Å². The number of benzene rings is 3. The molecule has 1 N–H and O–H groups in total. The zero-order valence-corrected chi connectivity index (χ0v) is 20.5. The number of fused-ring (bicyclic) bond motifs is 1. The van der Waals surface area contributed by atoms with Crippen molar-refractivity contribution in [1.82, 2.24) is 9.88 Å². The fraction of sp³-hybridized carbons (Fsp3) is 0.259. The van der Waals surface area contributed by atoms with Crippen LogP contribution >= 0.6 is 0 Å². The quantitative estimate of drug-likeness (QED) is 0.413. The number of sulfonamides is 1. The van der Waals surface area contributed by atoms with E-state index in [0.717, 1.165) is 29.5 Å². The summed E-state index contributed by atoms with van der Waals surface area (Å²) >= 11 is 0. The maximum atomic E-state index is 13.2. The molecule has 1 saturated heterocycles. The van der Waals surface area contributed by atoms with Crippen molar-refractivity contribution in [2.24, 2.45) is 0 Å². The highest BCUT2D eigenvalue weighted by molar-refractivity contribution is 7.92. The van der Waals surface area contributed by atoms with Crippen molar-refractivity contribution in [3.05, 3.63) is 89.3 Å². The number of para-hydroxylation sites is 2. The number of anilines is 1. The Labute approximate surface area is 204 Å². The van der Waals surface area contributed by atoms with Gasteiger partial charge in [0.2, 0.25) is 0 Å². The smallest absolute Gasteiger partial charge is 0.262 e. The summed E-state index contributed by atoms with van der Waals surface area (Å²) in [5, 5.41) is 0. The van der Waals surface area contributed by atoms with Crippen LogP contribution in [0.2, 0.25) is 0 Å². The van der Waals surface area contributed by atoms with E-state index in [1.807, 2.05) is 43.3 Å². The number of likely N-dealkylation sites (tertiary alicyclic amines) is 1. The molecule has 1 fully saturated rings. The standard InChI is InChI=1S/C27H27N3O4S/c1-18-7-11-22(12-8-18)29-35(32,33)25-17-21(10-9-19(25)2)27(31)30-15-13-20(14-16-30)26-28-23-5-3-4-6-24(23)34-26/h3-12,17,20,29H,13-16H2,1-2H3. The molecule has 180 valence electrons. The molecule has 3 aromatic carbocycles. The van der Waals surface area contributed by atoms with Gasteiger partial charge in [0.05, 0.1) is 4.90 Å². The minimum Gasteiger partial charge on any atom is -0.440 e. The number of hydrogen-bond donors (Lipinski definition) is 1. The number of rotatable bonds is 5. The first-order valence-electron chi connectivity index (χ1n) is 11.6. The minimum atomic E-state index is -3.84. The van der Waals surface area contributed by atoms with E-state index < -0.39 is 10.0 Å². The van der Waals surface area contributed by atoms with Crippen molar-refractivity contribution in [3.8, 4) is 0 Å². The Hall–Kier alpha value is -3.65. The molecule has 1 aromatic heterocycles. The first kappa shape index (κ1) is 23.1. The summed E-state index contributed by atoms with van der Waals surface area (Å²) in [6, 6.07) is 19.7. The Morgan fingerprint density at radius 1 is 1.00 bits per heavy atom. The number of carbonyl (C=O) groups excluding carboxylic acids is 1. The van der Waals surface area contributed by atoms with Crippen molar-refractivity contribution in [1.29, 1.82) is 0 Å². The minimum absolute atomic E-state index is 0.102. The molecule has 2 heterocycles. The predicted octanol–water partition coefficient (Wildman–Crippen LogP) is 5.27. The third kappa shape index (κ3) is 4.79. The number of aryl methyl sites for hydroxylation is 2. The van der Waals surface area contributed by atoms with Crippen LogP contribution in [0, 0.1) is 13.8 Å². The van der Waals surface area contributed by atoms with E-state index in [4.69, 9.17) is 4.42 Å². The van der Waals surface area contributed by atoms with Gasteiger partial charge in [-0.1, -0.05) is 35.9 Å². The number of oxazole rings is 1. The van der Waals surface area contributed by atoms with E-state index in [-0.39, 0.29) is 16.7 Å². The Kier molecular flexibility index (Phi) is 6.06. The SMILES string of the molecule is Cc1ccc(NS(=O)(=O)c2cc(C(=O)N3CCC(c4nc5ccccc5o4)CC3)ccc2C)cc1. The van der Waals surface area contributed by atoms with Gasteiger partial charge in [0.25, 0.3) is 15.9 Å². The highest BCUT2D eigenvalue weighted by atomic mass is 32.2. The lowest BCUT2D eigenvalue weighted by molar-refractivity contribution is 0.0706. The summed E-state index contributed by atoms with van der Waals surface area (Å²) in [6.07, 6.45) is 1.48. The number of amides is 1. The molecular weight excluding hydrogens is 462 g/mol. The number of nitrogens with zero attached hydrogens (tertiary/aromatic N) is 2. The molecule has 1 amide bonds. The molecular formula is C27H27N3O4S. The summed E-state index contributed by atoms with van der Waals surface area (Å²) in [5.74, 6) is 0.691. The number of hydrogen-bond acceptors (Lipinski definition) is 5. The van der Waals surface area contributed by atoms with Crippen LogP contribution in [0.25, 0.3) is 11.1 Å². The van der Waals surface area contributed by atoms with Gasteiger partial charge in [-0.05, 0) is 68.7 Å². The van der Waals surface area contributed by atoms with Gasteiger partial charge in [-0.3, -0.25) is 9.52 Å². The van der Waals surface area contributed by atoms with Crippen molar-refractivity contribution < 1.29 is 17.6 Å². The summed E-state index contributed by atoms with van der Waals surface area (Å²) in [4.78, 5) is 19.7.